The molecule has 0 saturated heterocycles. The molecule has 19 heavy (non-hydrogen) atoms. The molecule has 1 aliphatic heterocycles. The number of aliphatic hydroxyl groups excluding tert-OH is 1. The van der Waals surface area contributed by atoms with Gasteiger partial charge >= 0.3 is 0 Å². The molecule has 5 heteroatoms. The van der Waals surface area contributed by atoms with Gasteiger partial charge in [0, 0.05) is 26.3 Å². The van der Waals surface area contributed by atoms with E-state index in [9.17, 15) is 5.11 Å². The molecule has 1 N–H and O–H groups in total. The number of nitrogens with zero attached hydrogens (tertiary/aromatic N) is 3. The summed E-state index contributed by atoms with van der Waals surface area (Å²) in [7, 11) is 3.93. The van der Waals surface area contributed by atoms with Crippen molar-refractivity contribution in [2.24, 2.45) is 7.05 Å². The summed E-state index contributed by atoms with van der Waals surface area (Å²) in [6.07, 6.45) is 2.09. The summed E-state index contributed by atoms with van der Waals surface area (Å²) in [5.41, 5.74) is 4.27. The number of rotatable bonds is 2. The number of aryl methyl sites for hydroxylation is 1. The van der Waals surface area contributed by atoms with Gasteiger partial charge in [0.15, 0.2) is 0 Å². The molecule has 1 aromatic heterocycles. The molecule has 1 aliphatic rings. The SMILES string of the molecule is CN1CCc2cc(C(O)c3c(Br)cnn3C)ccc21. The lowest BCUT2D eigenvalue weighted by Crippen LogP contribution is -2.12. The summed E-state index contributed by atoms with van der Waals surface area (Å²) < 4.78 is 2.54. The predicted molar refractivity (Wildman–Crippen MR) is 78.4 cm³/mol. The first-order valence-electron chi connectivity index (χ1n) is 6.27. The molecule has 2 aromatic rings. The Hall–Kier alpha value is -1.33. The smallest absolute Gasteiger partial charge is 0.122 e. The van der Waals surface area contributed by atoms with E-state index < -0.39 is 6.10 Å². The Balaban J connectivity index is 1.99. The van der Waals surface area contributed by atoms with Crippen LogP contribution in [0.5, 0.6) is 0 Å². The van der Waals surface area contributed by atoms with E-state index in [2.05, 4.69) is 45.1 Å². The Morgan fingerprint density at radius 1 is 1.37 bits per heavy atom. The van der Waals surface area contributed by atoms with Gasteiger partial charge in [-0.05, 0) is 39.5 Å². The number of benzene rings is 1. The van der Waals surface area contributed by atoms with Crippen molar-refractivity contribution in [2.45, 2.75) is 12.5 Å². The summed E-state index contributed by atoms with van der Waals surface area (Å²) in [6.45, 7) is 1.05. The fraction of sp³-hybridized carbons (Fsp3) is 0.357. The first kappa shape index (κ1) is 12.7. The maximum atomic E-state index is 10.5. The molecule has 100 valence electrons. The molecule has 0 amide bonds. The molecular formula is C14H16BrN3O. The van der Waals surface area contributed by atoms with Crippen LogP contribution < -0.4 is 4.90 Å². The zero-order chi connectivity index (χ0) is 13.6. The van der Waals surface area contributed by atoms with Gasteiger partial charge in [0.05, 0.1) is 16.4 Å². The van der Waals surface area contributed by atoms with Crippen molar-refractivity contribution in [1.82, 2.24) is 9.78 Å². The number of anilines is 1. The van der Waals surface area contributed by atoms with Crippen LogP contribution in [0.2, 0.25) is 0 Å². The molecule has 0 radical (unpaired) electrons. The van der Waals surface area contributed by atoms with E-state index in [0.717, 1.165) is 28.7 Å². The average molecular weight is 322 g/mol. The van der Waals surface area contributed by atoms with Crippen molar-refractivity contribution < 1.29 is 5.11 Å². The lowest BCUT2D eigenvalue weighted by atomic mass is 10.0. The number of aromatic nitrogens is 2. The van der Waals surface area contributed by atoms with Crippen LogP contribution in [0.4, 0.5) is 5.69 Å². The molecule has 3 rings (SSSR count). The first-order chi connectivity index (χ1) is 9.08. The van der Waals surface area contributed by atoms with Crippen LogP contribution in [0.25, 0.3) is 0 Å². The number of likely N-dealkylation sites (N-methyl/N-ethyl adjacent to an activating group) is 1. The molecular weight excluding hydrogens is 306 g/mol. The number of hydrogen-bond acceptors (Lipinski definition) is 3. The van der Waals surface area contributed by atoms with Crippen LogP contribution in [0, 0.1) is 0 Å². The minimum Gasteiger partial charge on any atom is -0.382 e. The van der Waals surface area contributed by atoms with E-state index in [-0.39, 0.29) is 0 Å². The summed E-state index contributed by atoms with van der Waals surface area (Å²) >= 11 is 3.44. The Kier molecular flexibility index (Phi) is 3.11. The number of halogens is 1. The zero-order valence-electron chi connectivity index (χ0n) is 11.0. The first-order valence-corrected chi connectivity index (χ1v) is 7.06. The fourth-order valence-corrected chi connectivity index (χ4v) is 3.21. The van der Waals surface area contributed by atoms with Gasteiger partial charge in [-0.15, -0.1) is 0 Å². The molecule has 1 unspecified atom stereocenters. The van der Waals surface area contributed by atoms with Gasteiger partial charge in [-0.25, -0.2) is 0 Å². The third-order valence-corrected chi connectivity index (χ3v) is 4.35. The largest absolute Gasteiger partial charge is 0.382 e. The summed E-state index contributed by atoms with van der Waals surface area (Å²) in [5, 5.41) is 14.7. The van der Waals surface area contributed by atoms with E-state index in [1.54, 1.807) is 10.9 Å². The van der Waals surface area contributed by atoms with Gasteiger partial charge in [-0.2, -0.15) is 5.10 Å². The van der Waals surface area contributed by atoms with Gasteiger partial charge in [-0.3, -0.25) is 4.68 Å². The van der Waals surface area contributed by atoms with Gasteiger partial charge < -0.3 is 10.0 Å². The third-order valence-electron chi connectivity index (χ3n) is 3.74. The van der Waals surface area contributed by atoms with Crippen molar-refractivity contribution in [1.29, 1.82) is 0 Å². The standard InChI is InChI=1S/C14H16BrN3O/c1-17-6-5-9-7-10(3-4-12(9)17)14(19)13-11(15)8-16-18(13)2/h3-4,7-8,14,19H,5-6H2,1-2H3. The van der Waals surface area contributed by atoms with Gasteiger partial charge in [-0.1, -0.05) is 12.1 Å². The highest BCUT2D eigenvalue weighted by Gasteiger charge is 2.21. The molecule has 0 spiro atoms. The van der Waals surface area contributed by atoms with Crippen LogP contribution in [0.15, 0.2) is 28.9 Å². The molecule has 4 nitrogen and oxygen atoms in total. The van der Waals surface area contributed by atoms with Crippen LogP contribution in [0.3, 0.4) is 0 Å². The lowest BCUT2D eigenvalue weighted by Gasteiger charge is -2.15. The van der Waals surface area contributed by atoms with Crippen LogP contribution >= 0.6 is 15.9 Å². The molecule has 0 saturated carbocycles. The van der Waals surface area contributed by atoms with Gasteiger partial charge in [0.2, 0.25) is 0 Å². The van der Waals surface area contributed by atoms with Crippen molar-refractivity contribution in [2.75, 3.05) is 18.5 Å². The van der Waals surface area contributed by atoms with Crippen LogP contribution in [-0.4, -0.2) is 28.5 Å². The van der Waals surface area contributed by atoms with Crippen molar-refractivity contribution >= 4 is 21.6 Å². The minimum absolute atomic E-state index is 0.655. The van der Waals surface area contributed by atoms with E-state index in [1.165, 1.54) is 11.3 Å². The summed E-state index contributed by atoms with van der Waals surface area (Å²) in [4.78, 5) is 2.24. The van der Waals surface area contributed by atoms with E-state index in [0.29, 0.717) is 0 Å². The molecule has 0 fully saturated rings. The van der Waals surface area contributed by atoms with Crippen molar-refractivity contribution in [3.63, 3.8) is 0 Å². The normalized spacial score (nSPS) is 15.7. The predicted octanol–water partition coefficient (Wildman–Crippen LogP) is 2.26. The second kappa shape index (κ2) is 4.65. The zero-order valence-corrected chi connectivity index (χ0v) is 12.6. The second-order valence-corrected chi connectivity index (χ2v) is 5.82. The summed E-state index contributed by atoms with van der Waals surface area (Å²) in [5.74, 6) is 0. The quantitative estimate of drug-likeness (QED) is 0.922. The highest BCUT2D eigenvalue weighted by atomic mass is 79.9. The molecule has 1 aromatic carbocycles. The van der Waals surface area contributed by atoms with E-state index >= 15 is 0 Å². The Morgan fingerprint density at radius 3 is 2.84 bits per heavy atom. The van der Waals surface area contributed by atoms with Gasteiger partial charge in [0.1, 0.15) is 6.10 Å². The monoisotopic (exact) mass is 321 g/mol. The topological polar surface area (TPSA) is 41.3 Å². The Bertz CT molecular complexity index is 604. The van der Waals surface area contributed by atoms with E-state index in [4.69, 9.17) is 0 Å². The highest BCUT2D eigenvalue weighted by molar-refractivity contribution is 9.10. The van der Waals surface area contributed by atoms with Crippen molar-refractivity contribution in [3.05, 3.63) is 45.7 Å². The maximum absolute atomic E-state index is 10.5. The van der Waals surface area contributed by atoms with Crippen LogP contribution in [-0.2, 0) is 13.5 Å². The average Bonchev–Trinajstić information content (AvgIpc) is 2.93. The van der Waals surface area contributed by atoms with Crippen LogP contribution in [0.1, 0.15) is 22.9 Å². The van der Waals surface area contributed by atoms with E-state index in [1.807, 2.05) is 13.1 Å². The lowest BCUT2D eigenvalue weighted by molar-refractivity contribution is 0.209. The second-order valence-electron chi connectivity index (χ2n) is 4.96. The molecule has 1 atom stereocenters. The number of aliphatic hydroxyl groups is 1. The Labute approximate surface area is 120 Å². The third kappa shape index (κ3) is 2.07. The molecule has 0 aliphatic carbocycles. The summed E-state index contributed by atoms with van der Waals surface area (Å²) in [6, 6.07) is 6.18. The minimum atomic E-state index is -0.655. The molecule has 2 heterocycles. The highest BCUT2D eigenvalue weighted by Crippen LogP contribution is 2.33. The number of fused-ring (bicyclic) bond motifs is 1. The van der Waals surface area contributed by atoms with Crippen molar-refractivity contribution in [3.8, 4) is 0 Å². The molecule has 0 bridgehead atoms. The number of hydrogen-bond donors (Lipinski definition) is 1. The maximum Gasteiger partial charge on any atom is 0.122 e. The Morgan fingerprint density at radius 2 is 2.16 bits per heavy atom. The van der Waals surface area contributed by atoms with Gasteiger partial charge in [0.25, 0.3) is 0 Å². The fourth-order valence-electron chi connectivity index (χ4n) is 2.64.